The summed E-state index contributed by atoms with van der Waals surface area (Å²) < 4.78 is 0. The lowest BCUT2D eigenvalue weighted by Crippen LogP contribution is -2.24. The summed E-state index contributed by atoms with van der Waals surface area (Å²) in [6, 6.07) is 3.20. The van der Waals surface area contributed by atoms with Crippen molar-refractivity contribution >= 4 is 17.5 Å². The summed E-state index contributed by atoms with van der Waals surface area (Å²) in [7, 11) is 0. The molecule has 0 aliphatic rings. The molecule has 0 spiro atoms. The Hall–Kier alpha value is -1.13. The van der Waals surface area contributed by atoms with Crippen molar-refractivity contribution in [3.8, 4) is 0 Å². The number of hydrogen-bond acceptors (Lipinski definition) is 3. The molecule has 4 nitrogen and oxygen atoms in total. The zero-order valence-electron chi connectivity index (χ0n) is 8.24. The lowest BCUT2D eigenvalue weighted by atomic mass is 10.2. The zero-order chi connectivity index (χ0) is 11.1. The predicted molar refractivity (Wildman–Crippen MR) is 57.9 cm³/mol. The number of unbranched alkanes of at least 4 members (excludes halogenated alkanes) is 1. The first-order valence-electron chi connectivity index (χ1n) is 4.74. The Kier molecular flexibility index (Phi) is 5.07. The maximum atomic E-state index is 11.5. The molecule has 0 radical (unpaired) electrons. The molecule has 0 unspecified atom stereocenters. The van der Waals surface area contributed by atoms with E-state index in [0.717, 1.165) is 6.42 Å². The molecule has 0 aliphatic heterocycles. The number of amides is 1. The van der Waals surface area contributed by atoms with Crippen LogP contribution in [0.2, 0.25) is 5.15 Å². The number of nitrogens with zero attached hydrogens (tertiary/aromatic N) is 1. The van der Waals surface area contributed by atoms with Gasteiger partial charge < -0.3 is 10.4 Å². The van der Waals surface area contributed by atoms with Gasteiger partial charge in [0.05, 0.1) is 5.56 Å². The van der Waals surface area contributed by atoms with Crippen molar-refractivity contribution in [3.05, 3.63) is 29.0 Å². The quantitative estimate of drug-likeness (QED) is 0.589. The van der Waals surface area contributed by atoms with Crippen molar-refractivity contribution in [1.29, 1.82) is 0 Å². The number of carbonyl (C=O) groups is 1. The van der Waals surface area contributed by atoms with Gasteiger partial charge in [-0.25, -0.2) is 4.98 Å². The van der Waals surface area contributed by atoms with Gasteiger partial charge in [0, 0.05) is 19.3 Å². The molecule has 0 atom stereocenters. The molecule has 2 N–H and O–H groups in total. The number of pyridine rings is 1. The van der Waals surface area contributed by atoms with E-state index in [0.29, 0.717) is 23.7 Å². The highest BCUT2D eigenvalue weighted by molar-refractivity contribution is 6.29. The van der Waals surface area contributed by atoms with Gasteiger partial charge in [0.1, 0.15) is 5.15 Å². The second-order valence-corrected chi connectivity index (χ2v) is 3.44. The number of carbonyl (C=O) groups excluding carboxylic acids is 1. The lowest BCUT2D eigenvalue weighted by molar-refractivity contribution is 0.0951. The van der Waals surface area contributed by atoms with Crippen LogP contribution in [-0.2, 0) is 0 Å². The van der Waals surface area contributed by atoms with E-state index < -0.39 is 0 Å². The number of aliphatic hydroxyl groups excluding tert-OH is 1. The molecule has 0 aromatic carbocycles. The van der Waals surface area contributed by atoms with Crippen molar-refractivity contribution in [2.75, 3.05) is 13.2 Å². The summed E-state index contributed by atoms with van der Waals surface area (Å²) in [5.41, 5.74) is 0.489. The SMILES string of the molecule is O=C(NCCCCO)c1ccc(Cl)nc1. The Morgan fingerprint density at radius 1 is 1.47 bits per heavy atom. The molecule has 1 aromatic rings. The highest BCUT2D eigenvalue weighted by Gasteiger charge is 2.04. The summed E-state index contributed by atoms with van der Waals surface area (Å²) >= 11 is 5.59. The fourth-order valence-corrected chi connectivity index (χ4v) is 1.16. The largest absolute Gasteiger partial charge is 0.396 e. The van der Waals surface area contributed by atoms with Crippen LogP contribution in [0.15, 0.2) is 18.3 Å². The van der Waals surface area contributed by atoms with Crippen molar-refractivity contribution in [2.45, 2.75) is 12.8 Å². The third kappa shape index (κ3) is 4.27. The fourth-order valence-electron chi connectivity index (χ4n) is 1.05. The van der Waals surface area contributed by atoms with Crippen LogP contribution in [0.1, 0.15) is 23.2 Å². The standard InChI is InChI=1S/C10H13ClN2O2/c11-9-4-3-8(7-13-9)10(15)12-5-1-2-6-14/h3-4,7,14H,1-2,5-6H2,(H,12,15). The summed E-state index contributed by atoms with van der Waals surface area (Å²) in [5.74, 6) is -0.169. The van der Waals surface area contributed by atoms with Gasteiger partial charge in [-0.05, 0) is 25.0 Å². The van der Waals surface area contributed by atoms with Crippen LogP contribution in [0.5, 0.6) is 0 Å². The maximum absolute atomic E-state index is 11.5. The third-order valence-corrected chi connectivity index (χ3v) is 2.08. The fraction of sp³-hybridized carbons (Fsp3) is 0.400. The minimum Gasteiger partial charge on any atom is -0.396 e. The van der Waals surface area contributed by atoms with E-state index >= 15 is 0 Å². The lowest BCUT2D eigenvalue weighted by Gasteiger charge is -2.03. The van der Waals surface area contributed by atoms with Gasteiger partial charge in [-0.2, -0.15) is 0 Å². The topological polar surface area (TPSA) is 62.2 Å². The average molecular weight is 229 g/mol. The summed E-state index contributed by atoms with van der Waals surface area (Å²) in [5, 5.41) is 11.6. The van der Waals surface area contributed by atoms with E-state index in [4.69, 9.17) is 16.7 Å². The molecule has 1 heterocycles. The highest BCUT2D eigenvalue weighted by atomic mass is 35.5. The number of halogens is 1. The number of nitrogens with one attached hydrogen (secondary N) is 1. The zero-order valence-corrected chi connectivity index (χ0v) is 9.00. The van der Waals surface area contributed by atoms with E-state index in [1.165, 1.54) is 6.20 Å². The van der Waals surface area contributed by atoms with Crippen LogP contribution in [0.25, 0.3) is 0 Å². The molecule has 0 fully saturated rings. The van der Waals surface area contributed by atoms with Gasteiger partial charge in [0.15, 0.2) is 0 Å². The normalized spacial score (nSPS) is 10.0. The molecular weight excluding hydrogens is 216 g/mol. The molecule has 82 valence electrons. The number of rotatable bonds is 5. The van der Waals surface area contributed by atoms with Crippen LogP contribution < -0.4 is 5.32 Å². The average Bonchev–Trinajstić information content (AvgIpc) is 2.25. The van der Waals surface area contributed by atoms with Gasteiger partial charge in [0.2, 0.25) is 0 Å². The first-order chi connectivity index (χ1) is 7.24. The smallest absolute Gasteiger partial charge is 0.252 e. The summed E-state index contributed by atoms with van der Waals surface area (Å²) in [6.07, 6.45) is 2.89. The Labute approximate surface area is 93.3 Å². The summed E-state index contributed by atoms with van der Waals surface area (Å²) in [6.45, 7) is 0.709. The number of hydrogen-bond donors (Lipinski definition) is 2. The number of aliphatic hydroxyl groups is 1. The summed E-state index contributed by atoms with van der Waals surface area (Å²) in [4.78, 5) is 15.3. The van der Waals surface area contributed by atoms with E-state index in [-0.39, 0.29) is 12.5 Å². The van der Waals surface area contributed by atoms with Crippen LogP contribution in [0.4, 0.5) is 0 Å². The van der Waals surface area contributed by atoms with E-state index in [2.05, 4.69) is 10.3 Å². The Morgan fingerprint density at radius 2 is 2.27 bits per heavy atom. The van der Waals surface area contributed by atoms with Gasteiger partial charge >= 0.3 is 0 Å². The molecular formula is C10H13ClN2O2. The first-order valence-corrected chi connectivity index (χ1v) is 5.12. The highest BCUT2D eigenvalue weighted by Crippen LogP contribution is 2.04. The number of aromatic nitrogens is 1. The molecule has 0 bridgehead atoms. The Bertz CT molecular complexity index is 314. The van der Waals surface area contributed by atoms with Crippen LogP contribution in [-0.4, -0.2) is 29.1 Å². The van der Waals surface area contributed by atoms with Crippen LogP contribution in [0, 0.1) is 0 Å². The van der Waals surface area contributed by atoms with Gasteiger partial charge in [-0.3, -0.25) is 4.79 Å². The second-order valence-electron chi connectivity index (χ2n) is 3.06. The minimum atomic E-state index is -0.169. The second kappa shape index (κ2) is 6.37. The van der Waals surface area contributed by atoms with Crippen molar-refractivity contribution in [1.82, 2.24) is 10.3 Å². The van der Waals surface area contributed by atoms with Crippen molar-refractivity contribution in [3.63, 3.8) is 0 Å². The molecule has 0 saturated carbocycles. The van der Waals surface area contributed by atoms with E-state index in [1.807, 2.05) is 0 Å². The Balaban J connectivity index is 2.37. The maximum Gasteiger partial charge on any atom is 0.252 e. The van der Waals surface area contributed by atoms with Crippen molar-refractivity contribution < 1.29 is 9.90 Å². The van der Waals surface area contributed by atoms with E-state index in [9.17, 15) is 4.79 Å². The monoisotopic (exact) mass is 228 g/mol. The van der Waals surface area contributed by atoms with Crippen LogP contribution >= 0.6 is 11.6 Å². The minimum absolute atomic E-state index is 0.151. The Morgan fingerprint density at radius 3 is 2.87 bits per heavy atom. The van der Waals surface area contributed by atoms with Gasteiger partial charge in [-0.1, -0.05) is 11.6 Å². The first kappa shape index (κ1) is 11.9. The van der Waals surface area contributed by atoms with E-state index in [1.54, 1.807) is 12.1 Å². The molecule has 0 aliphatic carbocycles. The van der Waals surface area contributed by atoms with Gasteiger partial charge in [0.25, 0.3) is 5.91 Å². The van der Waals surface area contributed by atoms with Crippen molar-refractivity contribution in [2.24, 2.45) is 0 Å². The van der Waals surface area contributed by atoms with Gasteiger partial charge in [-0.15, -0.1) is 0 Å². The molecule has 5 heteroatoms. The molecule has 0 saturated heterocycles. The van der Waals surface area contributed by atoms with Crippen LogP contribution in [0.3, 0.4) is 0 Å². The third-order valence-electron chi connectivity index (χ3n) is 1.86. The molecule has 1 aromatic heterocycles. The predicted octanol–water partition coefficient (Wildman–Crippen LogP) is 1.24. The molecule has 15 heavy (non-hydrogen) atoms. The molecule has 1 amide bonds. The molecule has 1 rings (SSSR count).